The van der Waals surface area contributed by atoms with E-state index in [1.54, 1.807) is 17.6 Å². The van der Waals surface area contributed by atoms with Crippen molar-refractivity contribution < 1.29 is 10.0 Å². The van der Waals surface area contributed by atoms with Gasteiger partial charge in [-0.15, -0.1) is 0 Å². The molecule has 1 rings (SSSR count). The molecule has 0 radical (unpaired) electrons. The van der Waals surface area contributed by atoms with Gasteiger partial charge in [-0.05, 0) is 38.4 Å². The molecule has 1 amide bonds. The van der Waals surface area contributed by atoms with Gasteiger partial charge in [0.2, 0.25) is 0 Å². The Morgan fingerprint density at radius 2 is 1.96 bits per heavy atom. The number of unbranched alkanes of at least 4 members (excludes halogenated alkanes) is 3. The third kappa shape index (κ3) is 7.82. The lowest BCUT2D eigenvalue weighted by Gasteiger charge is -2.21. The first-order chi connectivity index (χ1) is 13.6. The molecule has 0 aliphatic heterocycles. The Bertz CT molecular complexity index is 662. The van der Waals surface area contributed by atoms with Gasteiger partial charge in [-0.25, -0.2) is 10.5 Å². The van der Waals surface area contributed by atoms with Crippen LogP contribution in [0.1, 0.15) is 70.1 Å². The summed E-state index contributed by atoms with van der Waals surface area (Å²) in [5.74, 6) is 0.240. The summed E-state index contributed by atoms with van der Waals surface area (Å²) in [6.45, 7) is 13.5. The third-order valence-electron chi connectivity index (χ3n) is 4.68. The number of rotatable bonds is 14. The first-order valence-electron chi connectivity index (χ1n) is 10.3. The van der Waals surface area contributed by atoms with Crippen molar-refractivity contribution in [3.63, 3.8) is 0 Å². The van der Waals surface area contributed by atoms with Gasteiger partial charge in [-0.3, -0.25) is 14.9 Å². The van der Waals surface area contributed by atoms with Crippen LogP contribution in [-0.2, 0) is 17.8 Å². The van der Waals surface area contributed by atoms with E-state index in [-0.39, 0.29) is 0 Å². The van der Waals surface area contributed by atoms with Gasteiger partial charge in [0.05, 0.1) is 11.4 Å². The zero-order valence-electron chi connectivity index (χ0n) is 17.7. The lowest BCUT2D eigenvalue weighted by Crippen LogP contribution is -2.25. The maximum Gasteiger partial charge on any atom is 0.267 e. The molecule has 0 fully saturated rings. The summed E-state index contributed by atoms with van der Waals surface area (Å²) in [6.07, 6.45) is 15.1. The molecule has 0 atom stereocenters. The highest BCUT2D eigenvalue weighted by molar-refractivity contribution is 5.86. The van der Waals surface area contributed by atoms with Crippen LogP contribution in [0, 0.1) is 0 Å². The Kier molecular flexibility index (Phi) is 11.9. The Morgan fingerprint density at radius 1 is 1.21 bits per heavy atom. The Balaban J connectivity index is 3.12. The second-order valence-corrected chi connectivity index (χ2v) is 6.79. The lowest BCUT2D eigenvalue weighted by atomic mass is 10.1. The van der Waals surface area contributed by atoms with Crippen molar-refractivity contribution in [2.45, 2.75) is 65.8 Å². The van der Waals surface area contributed by atoms with E-state index in [1.165, 1.54) is 37.5 Å². The van der Waals surface area contributed by atoms with Crippen LogP contribution < -0.4 is 5.48 Å². The number of hydrogen-bond donors (Lipinski definition) is 2. The fraction of sp³-hybridized carbons (Fsp3) is 0.545. The quantitative estimate of drug-likeness (QED) is 0.163. The number of imidazole rings is 1. The van der Waals surface area contributed by atoms with Crippen molar-refractivity contribution in [2.24, 2.45) is 0 Å². The lowest BCUT2D eigenvalue weighted by molar-refractivity contribution is -0.124. The minimum absolute atomic E-state index is 0.563. The van der Waals surface area contributed by atoms with Crippen molar-refractivity contribution in [3.05, 3.63) is 42.0 Å². The van der Waals surface area contributed by atoms with E-state index in [0.29, 0.717) is 0 Å². The maximum absolute atomic E-state index is 11.1. The van der Waals surface area contributed by atoms with Gasteiger partial charge in [0.1, 0.15) is 5.82 Å². The molecule has 0 aliphatic carbocycles. The van der Waals surface area contributed by atoms with E-state index in [1.807, 2.05) is 16.8 Å². The van der Waals surface area contributed by atoms with Crippen LogP contribution in [0.25, 0.3) is 12.3 Å². The molecule has 1 aromatic heterocycles. The zero-order chi connectivity index (χ0) is 20.8. The van der Waals surface area contributed by atoms with Crippen LogP contribution in [0.4, 0.5) is 0 Å². The van der Waals surface area contributed by atoms with E-state index in [4.69, 9.17) is 10.2 Å². The molecule has 1 aromatic rings. The van der Waals surface area contributed by atoms with Gasteiger partial charge in [0.15, 0.2) is 0 Å². The molecule has 0 bridgehead atoms. The fourth-order valence-corrected chi connectivity index (χ4v) is 3.03. The summed E-state index contributed by atoms with van der Waals surface area (Å²) in [7, 11) is 0. The number of carbonyl (C=O) groups excluding carboxylic acids is 1. The van der Waals surface area contributed by atoms with E-state index in [0.717, 1.165) is 44.0 Å². The molecule has 0 unspecified atom stereocenters. The predicted octanol–water partition coefficient (Wildman–Crippen LogP) is 4.41. The molecule has 0 saturated heterocycles. The largest absolute Gasteiger partial charge is 0.303 e. The summed E-state index contributed by atoms with van der Waals surface area (Å²) in [6, 6.07) is 0. The van der Waals surface area contributed by atoms with Crippen LogP contribution in [0.5, 0.6) is 0 Å². The van der Waals surface area contributed by atoms with E-state index in [2.05, 4.69) is 32.3 Å². The van der Waals surface area contributed by atoms with Gasteiger partial charge in [-0.2, -0.15) is 0 Å². The number of hydroxylamine groups is 1. The maximum atomic E-state index is 11.1. The molecule has 6 heteroatoms. The molecular weight excluding hydrogens is 352 g/mol. The highest BCUT2D eigenvalue weighted by atomic mass is 16.5. The molecule has 1 heterocycles. The highest BCUT2D eigenvalue weighted by Gasteiger charge is 2.16. The van der Waals surface area contributed by atoms with E-state index in [9.17, 15) is 4.79 Å². The van der Waals surface area contributed by atoms with Crippen molar-refractivity contribution in [2.75, 3.05) is 13.1 Å². The van der Waals surface area contributed by atoms with E-state index >= 15 is 0 Å². The number of amides is 1. The second-order valence-electron chi connectivity index (χ2n) is 6.79. The highest BCUT2D eigenvalue weighted by Crippen LogP contribution is 2.19. The monoisotopic (exact) mass is 388 g/mol. The topological polar surface area (TPSA) is 70.4 Å². The number of nitrogens with one attached hydrogen (secondary N) is 1. The average Bonchev–Trinajstić information content (AvgIpc) is 3.04. The summed E-state index contributed by atoms with van der Waals surface area (Å²) in [5, 5.41) is 8.54. The van der Waals surface area contributed by atoms with Gasteiger partial charge in [0.25, 0.3) is 5.91 Å². The number of aromatic nitrogens is 2. The van der Waals surface area contributed by atoms with Crippen LogP contribution in [0.15, 0.2) is 24.8 Å². The van der Waals surface area contributed by atoms with Crippen LogP contribution >= 0.6 is 0 Å². The molecule has 28 heavy (non-hydrogen) atoms. The summed E-state index contributed by atoms with van der Waals surface area (Å²) < 4.78 is 2.05. The van der Waals surface area contributed by atoms with Gasteiger partial charge >= 0.3 is 0 Å². The minimum atomic E-state index is -0.563. The standard InChI is InChI=1S/C22H36N4O2/c1-5-9-11-14-19-20(18-25(7-3)17-10-6-2)26(8-4)21(23-19)15-12-13-16-22(27)24-28/h8,12-13,15-16,28H,4-7,9-11,14,17-18H2,1-3H3,(H,24,27). The summed E-state index contributed by atoms with van der Waals surface area (Å²) >= 11 is 0. The van der Waals surface area contributed by atoms with Crippen LogP contribution in [0.3, 0.4) is 0 Å². The fourth-order valence-electron chi connectivity index (χ4n) is 3.03. The number of hydrogen-bond acceptors (Lipinski definition) is 4. The smallest absolute Gasteiger partial charge is 0.267 e. The van der Waals surface area contributed by atoms with Crippen molar-refractivity contribution >= 4 is 18.2 Å². The number of carbonyl (C=O) groups is 1. The predicted molar refractivity (Wildman–Crippen MR) is 116 cm³/mol. The Hall–Kier alpha value is -2.18. The Morgan fingerprint density at radius 3 is 2.57 bits per heavy atom. The molecule has 0 spiro atoms. The summed E-state index contributed by atoms with van der Waals surface area (Å²) in [4.78, 5) is 18.4. The van der Waals surface area contributed by atoms with Gasteiger partial charge < -0.3 is 4.57 Å². The van der Waals surface area contributed by atoms with Gasteiger partial charge in [0, 0.05) is 18.8 Å². The number of aryl methyl sites for hydroxylation is 1. The van der Waals surface area contributed by atoms with Crippen LogP contribution in [-0.4, -0.2) is 38.7 Å². The summed E-state index contributed by atoms with van der Waals surface area (Å²) in [5.41, 5.74) is 3.89. The molecule has 0 aromatic carbocycles. The van der Waals surface area contributed by atoms with E-state index < -0.39 is 5.91 Å². The van der Waals surface area contributed by atoms with Gasteiger partial charge in [-0.1, -0.05) is 58.8 Å². The second kappa shape index (κ2) is 13.9. The molecular formula is C22H36N4O2. The third-order valence-corrected chi connectivity index (χ3v) is 4.68. The Labute approximate surface area is 169 Å². The molecule has 0 saturated carbocycles. The van der Waals surface area contributed by atoms with Crippen molar-refractivity contribution in [3.8, 4) is 0 Å². The minimum Gasteiger partial charge on any atom is -0.303 e. The number of allylic oxidation sites excluding steroid dienone is 2. The first kappa shape index (κ1) is 23.9. The van der Waals surface area contributed by atoms with Crippen molar-refractivity contribution in [1.82, 2.24) is 19.9 Å². The average molecular weight is 389 g/mol. The first-order valence-corrected chi connectivity index (χ1v) is 10.3. The zero-order valence-corrected chi connectivity index (χ0v) is 17.7. The molecule has 156 valence electrons. The molecule has 2 N–H and O–H groups in total. The SMILES string of the molecule is C=Cn1c(C=CC=CC(=O)NO)nc(CCCCC)c1CN(CC)CCCC. The normalized spacial score (nSPS) is 11.8. The number of nitrogens with zero attached hydrogens (tertiary/aromatic N) is 3. The molecule has 6 nitrogen and oxygen atoms in total. The van der Waals surface area contributed by atoms with Crippen molar-refractivity contribution in [1.29, 1.82) is 0 Å². The van der Waals surface area contributed by atoms with Crippen LogP contribution in [0.2, 0.25) is 0 Å². The molecule has 0 aliphatic rings.